The first kappa shape index (κ1) is 17.0. The number of amides is 1. The highest BCUT2D eigenvalue weighted by Crippen LogP contribution is 2.23. The molecule has 2 aromatic heterocycles. The van der Waals surface area contributed by atoms with Crippen LogP contribution in [0.1, 0.15) is 21.6 Å². The van der Waals surface area contributed by atoms with Gasteiger partial charge in [-0.05, 0) is 23.8 Å². The third kappa shape index (κ3) is 3.46. The molecule has 2 heterocycles. The number of aromatic nitrogens is 1. The van der Waals surface area contributed by atoms with E-state index in [9.17, 15) is 13.6 Å². The number of benzene rings is 2. The minimum atomic E-state index is -0.373. The summed E-state index contributed by atoms with van der Waals surface area (Å²) < 4.78 is 34.4. The van der Waals surface area contributed by atoms with Gasteiger partial charge >= 0.3 is 0 Å². The first-order chi connectivity index (χ1) is 13.1. The van der Waals surface area contributed by atoms with Crippen LogP contribution in [0.25, 0.3) is 11.1 Å². The van der Waals surface area contributed by atoms with E-state index in [1.54, 1.807) is 47.0 Å². The first-order valence-corrected chi connectivity index (χ1v) is 8.44. The molecule has 0 unspecified atom stereocenters. The van der Waals surface area contributed by atoms with Gasteiger partial charge in [-0.3, -0.25) is 4.79 Å². The van der Waals surface area contributed by atoms with Gasteiger partial charge < -0.3 is 14.3 Å². The third-order valence-corrected chi connectivity index (χ3v) is 4.38. The Labute approximate surface area is 154 Å². The van der Waals surface area contributed by atoms with E-state index in [-0.39, 0.29) is 24.1 Å². The number of furan rings is 1. The molecule has 1 N–H and O–H groups in total. The van der Waals surface area contributed by atoms with Gasteiger partial charge in [0.15, 0.2) is 5.58 Å². The monoisotopic (exact) mass is 366 g/mol. The molecule has 6 heteroatoms. The maximum absolute atomic E-state index is 13.8. The van der Waals surface area contributed by atoms with E-state index in [4.69, 9.17) is 4.42 Å². The number of halogens is 2. The molecule has 136 valence electrons. The fourth-order valence-corrected chi connectivity index (χ4v) is 3.06. The summed E-state index contributed by atoms with van der Waals surface area (Å²) in [6.45, 7) is 0.376. The number of nitrogens with zero attached hydrogens (tertiary/aromatic N) is 1. The number of fused-ring (bicyclic) bond motifs is 1. The number of hydrogen-bond acceptors (Lipinski definition) is 2. The van der Waals surface area contributed by atoms with Crippen molar-refractivity contribution >= 4 is 17.0 Å². The number of rotatable bonds is 5. The molecule has 1 amide bonds. The van der Waals surface area contributed by atoms with Crippen LogP contribution in [0.3, 0.4) is 0 Å². The van der Waals surface area contributed by atoms with Crippen molar-refractivity contribution in [3.05, 3.63) is 95.4 Å². The normalized spacial score (nSPS) is 11.0. The lowest BCUT2D eigenvalue weighted by Gasteiger charge is -2.11. The van der Waals surface area contributed by atoms with E-state index in [0.717, 1.165) is 11.1 Å². The van der Waals surface area contributed by atoms with Crippen LogP contribution in [0.5, 0.6) is 0 Å². The van der Waals surface area contributed by atoms with Crippen molar-refractivity contribution in [2.45, 2.75) is 13.1 Å². The fraction of sp³-hybridized carbons (Fsp3) is 0.0952. The molecule has 0 radical (unpaired) electrons. The maximum atomic E-state index is 13.8. The molecule has 4 aromatic rings. The summed E-state index contributed by atoms with van der Waals surface area (Å²) in [6.07, 6.45) is 1.54. The molecule has 4 rings (SSSR count). The minimum Gasteiger partial charge on any atom is -0.463 e. The highest BCUT2D eigenvalue weighted by Gasteiger charge is 2.18. The van der Waals surface area contributed by atoms with Crippen molar-refractivity contribution < 1.29 is 18.0 Å². The second-order valence-corrected chi connectivity index (χ2v) is 6.19. The Bertz CT molecular complexity index is 1110. The van der Waals surface area contributed by atoms with Crippen molar-refractivity contribution in [1.29, 1.82) is 0 Å². The second-order valence-electron chi connectivity index (χ2n) is 6.19. The van der Waals surface area contributed by atoms with Gasteiger partial charge in [0.05, 0.1) is 11.8 Å². The van der Waals surface area contributed by atoms with Crippen LogP contribution in [0.2, 0.25) is 0 Å². The summed E-state index contributed by atoms with van der Waals surface area (Å²) in [6, 6.07) is 15.9. The van der Waals surface area contributed by atoms with Gasteiger partial charge in [-0.15, -0.1) is 0 Å². The lowest BCUT2D eigenvalue weighted by atomic mass is 10.2. The molecule has 0 atom stereocenters. The molecule has 2 aromatic carbocycles. The molecule has 27 heavy (non-hydrogen) atoms. The van der Waals surface area contributed by atoms with Crippen LogP contribution >= 0.6 is 0 Å². The van der Waals surface area contributed by atoms with Crippen molar-refractivity contribution in [2.24, 2.45) is 0 Å². The quantitative estimate of drug-likeness (QED) is 0.566. The fourth-order valence-electron chi connectivity index (χ4n) is 3.06. The summed E-state index contributed by atoms with van der Waals surface area (Å²) in [4.78, 5) is 12.7. The highest BCUT2D eigenvalue weighted by atomic mass is 19.1. The molecule has 0 saturated heterocycles. The second kappa shape index (κ2) is 7.07. The zero-order chi connectivity index (χ0) is 18.8. The zero-order valence-corrected chi connectivity index (χ0v) is 14.3. The largest absolute Gasteiger partial charge is 0.463 e. The SMILES string of the molecule is O=C(NCc1ccccc1F)c1cc2occc2n1Cc1cccc(F)c1. The molecular formula is C21H16F2N2O2. The highest BCUT2D eigenvalue weighted by molar-refractivity contribution is 5.97. The summed E-state index contributed by atoms with van der Waals surface area (Å²) in [5.41, 5.74) is 2.78. The van der Waals surface area contributed by atoms with E-state index < -0.39 is 0 Å². The summed E-state index contributed by atoms with van der Waals surface area (Å²) >= 11 is 0. The van der Waals surface area contributed by atoms with E-state index >= 15 is 0 Å². The van der Waals surface area contributed by atoms with Crippen molar-refractivity contribution in [3.8, 4) is 0 Å². The summed E-state index contributed by atoms with van der Waals surface area (Å²) in [5.74, 6) is -1.07. The average Bonchev–Trinajstić information content (AvgIpc) is 3.24. The number of carbonyl (C=O) groups excluding carboxylic acids is 1. The molecule has 0 aliphatic heterocycles. The number of hydrogen-bond donors (Lipinski definition) is 1. The van der Waals surface area contributed by atoms with Crippen molar-refractivity contribution in [2.75, 3.05) is 0 Å². The molecule has 0 spiro atoms. The van der Waals surface area contributed by atoms with Crippen LogP contribution in [-0.4, -0.2) is 10.5 Å². The van der Waals surface area contributed by atoms with Gasteiger partial charge in [-0.25, -0.2) is 8.78 Å². The minimum absolute atomic E-state index is 0.0675. The lowest BCUT2D eigenvalue weighted by molar-refractivity contribution is 0.0942. The Morgan fingerprint density at radius 1 is 1.04 bits per heavy atom. The third-order valence-electron chi connectivity index (χ3n) is 4.38. The van der Waals surface area contributed by atoms with Gasteiger partial charge in [0.25, 0.3) is 5.91 Å². The van der Waals surface area contributed by atoms with Crippen LogP contribution in [-0.2, 0) is 13.1 Å². The Morgan fingerprint density at radius 3 is 2.70 bits per heavy atom. The molecular weight excluding hydrogens is 350 g/mol. The van der Waals surface area contributed by atoms with Gasteiger partial charge in [-0.2, -0.15) is 0 Å². The Kier molecular flexibility index (Phi) is 4.46. The van der Waals surface area contributed by atoms with E-state index in [1.165, 1.54) is 24.5 Å². The van der Waals surface area contributed by atoms with E-state index in [2.05, 4.69) is 5.32 Å². The number of carbonyl (C=O) groups is 1. The predicted molar refractivity (Wildman–Crippen MR) is 97.3 cm³/mol. The van der Waals surface area contributed by atoms with Gasteiger partial charge in [0.2, 0.25) is 0 Å². The Morgan fingerprint density at radius 2 is 1.89 bits per heavy atom. The molecule has 0 fully saturated rings. The van der Waals surface area contributed by atoms with Gasteiger partial charge in [0, 0.05) is 30.8 Å². The molecule has 0 bridgehead atoms. The average molecular weight is 366 g/mol. The number of nitrogens with one attached hydrogen (secondary N) is 1. The Balaban J connectivity index is 1.62. The smallest absolute Gasteiger partial charge is 0.268 e. The standard InChI is InChI=1S/C21H16F2N2O2/c22-16-6-3-4-14(10-16)13-25-18-8-9-27-20(18)11-19(25)21(26)24-12-15-5-1-2-7-17(15)23/h1-11H,12-13H2,(H,24,26). The van der Waals surface area contributed by atoms with Crippen LogP contribution in [0, 0.1) is 11.6 Å². The van der Waals surface area contributed by atoms with Crippen LogP contribution in [0.15, 0.2) is 71.3 Å². The molecule has 4 nitrogen and oxygen atoms in total. The maximum Gasteiger partial charge on any atom is 0.268 e. The van der Waals surface area contributed by atoms with E-state index in [0.29, 0.717) is 23.4 Å². The summed E-state index contributed by atoms with van der Waals surface area (Å²) in [7, 11) is 0. The van der Waals surface area contributed by atoms with Crippen LogP contribution in [0.4, 0.5) is 8.78 Å². The van der Waals surface area contributed by atoms with Gasteiger partial charge in [-0.1, -0.05) is 30.3 Å². The van der Waals surface area contributed by atoms with Crippen molar-refractivity contribution in [3.63, 3.8) is 0 Å². The lowest BCUT2D eigenvalue weighted by Crippen LogP contribution is -2.26. The van der Waals surface area contributed by atoms with Gasteiger partial charge in [0.1, 0.15) is 17.3 Å². The van der Waals surface area contributed by atoms with Crippen LogP contribution < -0.4 is 5.32 Å². The van der Waals surface area contributed by atoms with Crippen molar-refractivity contribution in [1.82, 2.24) is 9.88 Å². The van der Waals surface area contributed by atoms with E-state index in [1.807, 2.05) is 0 Å². The molecule has 0 aliphatic carbocycles. The predicted octanol–water partition coefficient (Wildman–Crippen LogP) is 4.49. The first-order valence-electron chi connectivity index (χ1n) is 8.44. The Hall–Kier alpha value is -3.41. The summed E-state index contributed by atoms with van der Waals surface area (Å²) in [5, 5.41) is 2.73. The molecule has 0 aliphatic rings. The zero-order valence-electron chi connectivity index (χ0n) is 14.3. The topological polar surface area (TPSA) is 47.2 Å². The molecule has 0 saturated carbocycles.